The van der Waals surface area contributed by atoms with Gasteiger partial charge in [0.2, 0.25) is 0 Å². The number of benzene rings is 1. The molecule has 2 aromatic rings. The lowest BCUT2D eigenvalue weighted by Gasteiger charge is -2.15. The number of aliphatic hydroxyl groups is 1. The maximum atomic E-state index is 12.4. The Labute approximate surface area is 149 Å². The predicted octanol–water partition coefficient (Wildman–Crippen LogP) is 2.61. The minimum atomic E-state index is -1.06. The lowest BCUT2D eigenvalue weighted by molar-refractivity contribution is 0.0947. The fourth-order valence-electron chi connectivity index (χ4n) is 2.48. The number of carbonyl (C=O) groups is 1. The van der Waals surface area contributed by atoms with Crippen LogP contribution in [0.1, 0.15) is 54.1 Å². The van der Waals surface area contributed by atoms with Crippen molar-refractivity contribution in [3.05, 3.63) is 52.8 Å². The van der Waals surface area contributed by atoms with E-state index < -0.39 is 5.60 Å². The summed E-state index contributed by atoms with van der Waals surface area (Å²) in [5.41, 5.74) is 2.22. The van der Waals surface area contributed by atoms with Gasteiger partial charge in [0.1, 0.15) is 5.60 Å². The van der Waals surface area contributed by atoms with Crippen LogP contribution in [0.25, 0.3) is 0 Å². The monoisotopic (exact) mass is 339 g/mol. The molecule has 5 heteroatoms. The van der Waals surface area contributed by atoms with Gasteiger partial charge < -0.3 is 10.4 Å². The molecule has 1 aromatic carbocycles. The van der Waals surface area contributed by atoms with E-state index in [1.54, 1.807) is 32.0 Å². The van der Waals surface area contributed by atoms with E-state index in [1.165, 1.54) is 0 Å². The van der Waals surface area contributed by atoms with Crippen LogP contribution in [-0.4, -0.2) is 32.9 Å². The van der Waals surface area contributed by atoms with Gasteiger partial charge in [0.05, 0.1) is 11.7 Å². The first kappa shape index (κ1) is 18.8. The molecule has 0 spiro atoms. The van der Waals surface area contributed by atoms with E-state index in [-0.39, 0.29) is 11.9 Å². The van der Waals surface area contributed by atoms with Crippen LogP contribution in [0.2, 0.25) is 0 Å². The van der Waals surface area contributed by atoms with E-state index >= 15 is 0 Å². The Hall–Kier alpha value is -2.58. The SMILES string of the molecule is Cc1cc(C)n(C(C)CNC(=O)c2cccc(C#CC(C)(C)O)c2)n1. The average molecular weight is 339 g/mol. The maximum Gasteiger partial charge on any atom is 0.251 e. The van der Waals surface area contributed by atoms with E-state index in [0.29, 0.717) is 17.7 Å². The summed E-state index contributed by atoms with van der Waals surface area (Å²) in [5.74, 6) is 5.48. The highest BCUT2D eigenvalue weighted by Gasteiger charge is 2.12. The van der Waals surface area contributed by atoms with Crippen LogP contribution in [0.4, 0.5) is 0 Å². The maximum absolute atomic E-state index is 12.4. The number of hydrogen-bond donors (Lipinski definition) is 2. The Balaban J connectivity index is 2.03. The largest absolute Gasteiger partial charge is 0.378 e. The summed E-state index contributed by atoms with van der Waals surface area (Å²) >= 11 is 0. The molecule has 1 unspecified atom stereocenters. The standard InChI is InChI=1S/C20H25N3O2/c1-14-11-15(2)23(22-14)16(3)13-21-19(24)18-8-6-7-17(12-18)9-10-20(4,5)25/h6-8,11-12,16,25H,13H2,1-5H3,(H,21,24). The molecule has 1 heterocycles. The van der Waals surface area contributed by atoms with Crippen molar-refractivity contribution >= 4 is 5.91 Å². The van der Waals surface area contributed by atoms with Gasteiger partial charge in [-0.05, 0) is 58.9 Å². The smallest absolute Gasteiger partial charge is 0.251 e. The quantitative estimate of drug-likeness (QED) is 0.842. The second-order valence-electron chi connectivity index (χ2n) is 6.82. The molecular weight excluding hydrogens is 314 g/mol. The van der Waals surface area contributed by atoms with Gasteiger partial charge in [-0.2, -0.15) is 5.10 Å². The average Bonchev–Trinajstić information content (AvgIpc) is 2.88. The molecular formula is C20H25N3O2. The highest BCUT2D eigenvalue weighted by Crippen LogP contribution is 2.10. The van der Waals surface area contributed by atoms with E-state index in [9.17, 15) is 9.90 Å². The molecule has 25 heavy (non-hydrogen) atoms. The Morgan fingerprint density at radius 3 is 2.68 bits per heavy atom. The van der Waals surface area contributed by atoms with Gasteiger partial charge in [0.15, 0.2) is 0 Å². The minimum Gasteiger partial charge on any atom is -0.378 e. The molecule has 0 fully saturated rings. The van der Waals surface area contributed by atoms with Crippen LogP contribution in [0.15, 0.2) is 30.3 Å². The molecule has 2 N–H and O–H groups in total. The van der Waals surface area contributed by atoms with E-state index in [4.69, 9.17) is 0 Å². The highest BCUT2D eigenvalue weighted by atomic mass is 16.3. The van der Waals surface area contributed by atoms with Gasteiger partial charge in [-0.25, -0.2) is 0 Å². The van der Waals surface area contributed by atoms with Crippen molar-refractivity contribution in [2.24, 2.45) is 0 Å². The Bertz CT molecular complexity index is 819. The van der Waals surface area contributed by atoms with Gasteiger partial charge in [-0.3, -0.25) is 9.48 Å². The zero-order valence-electron chi connectivity index (χ0n) is 15.4. The summed E-state index contributed by atoms with van der Waals surface area (Å²) < 4.78 is 1.92. The number of carbonyl (C=O) groups excluding carboxylic acids is 1. The summed E-state index contributed by atoms with van der Waals surface area (Å²) in [4.78, 5) is 12.4. The van der Waals surface area contributed by atoms with Crippen molar-refractivity contribution < 1.29 is 9.90 Å². The van der Waals surface area contributed by atoms with Crippen LogP contribution in [0.5, 0.6) is 0 Å². The lowest BCUT2D eigenvalue weighted by Crippen LogP contribution is -2.30. The van der Waals surface area contributed by atoms with E-state index in [1.807, 2.05) is 37.6 Å². The third-order valence-corrected chi connectivity index (χ3v) is 3.66. The van der Waals surface area contributed by atoms with Gasteiger partial charge >= 0.3 is 0 Å². The zero-order chi connectivity index (χ0) is 18.6. The topological polar surface area (TPSA) is 67.2 Å². The van der Waals surface area contributed by atoms with Crippen molar-refractivity contribution in [2.45, 2.75) is 46.3 Å². The van der Waals surface area contributed by atoms with Crippen LogP contribution in [0, 0.1) is 25.7 Å². The first-order valence-electron chi connectivity index (χ1n) is 8.32. The molecule has 0 bridgehead atoms. The molecule has 132 valence electrons. The normalized spacial score (nSPS) is 12.2. The van der Waals surface area contributed by atoms with Gasteiger partial charge in [-0.15, -0.1) is 0 Å². The van der Waals surface area contributed by atoms with E-state index in [2.05, 4.69) is 22.3 Å². The van der Waals surface area contributed by atoms with Crippen molar-refractivity contribution in [1.29, 1.82) is 0 Å². The number of rotatable bonds is 4. The van der Waals surface area contributed by atoms with Crippen molar-refractivity contribution in [3.8, 4) is 11.8 Å². The van der Waals surface area contributed by atoms with Crippen LogP contribution < -0.4 is 5.32 Å². The molecule has 1 atom stereocenters. The van der Waals surface area contributed by atoms with E-state index in [0.717, 1.165) is 11.4 Å². The molecule has 1 aromatic heterocycles. The molecule has 0 aliphatic rings. The number of nitrogens with one attached hydrogen (secondary N) is 1. The van der Waals surface area contributed by atoms with Crippen LogP contribution in [0.3, 0.4) is 0 Å². The summed E-state index contributed by atoms with van der Waals surface area (Å²) in [6, 6.07) is 9.15. The second kappa shape index (κ2) is 7.54. The first-order valence-corrected chi connectivity index (χ1v) is 8.32. The molecule has 2 rings (SSSR count). The van der Waals surface area contributed by atoms with Gasteiger partial charge in [0, 0.05) is 23.4 Å². The molecule has 0 aliphatic heterocycles. The minimum absolute atomic E-state index is 0.0656. The first-order chi connectivity index (χ1) is 11.7. The second-order valence-corrected chi connectivity index (χ2v) is 6.82. The number of aryl methyl sites for hydroxylation is 2. The summed E-state index contributed by atoms with van der Waals surface area (Å²) in [5, 5.41) is 17.1. The molecule has 0 saturated carbocycles. The van der Waals surface area contributed by atoms with Crippen LogP contribution in [-0.2, 0) is 0 Å². The third-order valence-electron chi connectivity index (χ3n) is 3.66. The number of amides is 1. The van der Waals surface area contributed by atoms with Gasteiger partial charge in [-0.1, -0.05) is 17.9 Å². The molecule has 0 aliphatic carbocycles. The molecule has 0 saturated heterocycles. The van der Waals surface area contributed by atoms with Crippen molar-refractivity contribution in [2.75, 3.05) is 6.54 Å². The van der Waals surface area contributed by atoms with Crippen molar-refractivity contribution in [1.82, 2.24) is 15.1 Å². The fourth-order valence-corrected chi connectivity index (χ4v) is 2.48. The Morgan fingerprint density at radius 1 is 1.36 bits per heavy atom. The number of nitrogens with zero attached hydrogens (tertiary/aromatic N) is 2. The molecule has 1 amide bonds. The molecule has 5 nitrogen and oxygen atoms in total. The Kier molecular flexibility index (Phi) is 5.66. The van der Waals surface area contributed by atoms with Crippen LogP contribution >= 0.6 is 0 Å². The van der Waals surface area contributed by atoms with Crippen molar-refractivity contribution in [3.63, 3.8) is 0 Å². The zero-order valence-corrected chi connectivity index (χ0v) is 15.4. The summed E-state index contributed by atoms with van der Waals surface area (Å²) in [6.07, 6.45) is 0. The summed E-state index contributed by atoms with van der Waals surface area (Å²) in [7, 11) is 0. The number of aromatic nitrogens is 2. The fraction of sp³-hybridized carbons (Fsp3) is 0.400. The lowest BCUT2D eigenvalue weighted by atomic mass is 10.1. The Morgan fingerprint density at radius 2 is 2.08 bits per heavy atom. The highest BCUT2D eigenvalue weighted by molar-refractivity contribution is 5.94. The summed E-state index contributed by atoms with van der Waals surface area (Å²) in [6.45, 7) is 9.71. The van der Waals surface area contributed by atoms with Gasteiger partial charge in [0.25, 0.3) is 5.91 Å². The third kappa shape index (κ3) is 5.47. The number of hydrogen-bond acceptors (Lipinski definition) is 3. The molecule has 0 radical (unpaired) electrons. The predicted molar refractivity (Wildman–Crippen MR) is 98.4 cm³/mol.